The van der Waals surface area contributed by atoms with Crippen LogP contribution in [0.5, 0.6) is 0 Å². The molecule has 2 amide bonds. The van der Waals surface area contributed by atoms with Gasteiger partial charge in [0.15, 0.2) is 0 Å². The van der Waals surface area contributed by atoms with Crippen LogP contribution in [-0.2, 0) is 19.1 Å². The van der Waals surface area contributed by atoms with Crippen LogP contribution in [0.1, 0.15) is 37.3 Å². The molecular formula is C25H28N2O6. The molecule has 1 fully saturated rings. The maximum Gasteiger partial charge on any atom is 0.408 e. The lowest BCUT2D eigenvalue weighted by molar-refractivity contribution is -0.158. The summed E-state index contributed by atoms with van der Waals surface area (Å²) < 4.78 is 11.0. The first-order valence-corrected chi connectivity index (χ1v) is 10.9. The number of nitrogens with zero attached hydrogens (tertiary/aromatic N) is 1. The van der Waals surface area contributed by atoms with E-state index in [0.29, 0.717) is 0 Å². The van der Waals surface area contributed by atoms with Crippen molar-refractivity contribution in [2.45, 2.75) is 37.3 Å². The highest BCUT2D eigenvalue weighted by atomic mass is 16.6. The minimum atomic E-state index is -1.45. The molecule has 33 heavy (non-hydrogen) atoms. The Morgan fingerprint density at radius 1 is 1.12 bits per heavy atom. The zero-order valence-corrected chi connectivity index (χ0v) is 19.0. The van der Waals surface area contributed by atoms with Crippen molar-refractivity contribution < 1.29 is 29.0 Å². The lowest BCUT2D eigenvalue weighted by atomic mass is 9.93. The first-order valence-electron chi connectivity index (χ1n) is 10.9. The quantitative estimate of drug-likeness (QED) is 0.698. The van der Waals surface area contributed by atoms with Gasteiger partial charge in [-0.25, -0.2) is 9.59 Å². The summed E-state index contributed by atoms with van der Waals surface area (Å²) in [6.45, 7) is 3.21. The lowest BCUT2D eigenvalue weighted by Crippen LogP contribution is -2.64. The van der Waals surface area contributed by atoms with E-state index in [9.17, 15) is 19.5 Å². The molecule has 2 aromatic carbocycles. The highest BCUT2D eigenvalue weighted by molar-refractivity contribution is 5.94. The normalized spacial score (nSPS) is 19.5. The fourth-order valence-electron chi connectivity index (χ4n) is 4.43. The Morgan fingerprint density at radius 2 is 1.70 bits per heavy atom. The standard InChI is InChI=1S/C25H28N2O6/c1-24(2,22(29)30)27(3)21(28)25(12-13-32-15-25)26-23(31)33-14-20-18-10-6-4-8-16(18)17-9-5-7-11-19(17)20/h4-11,20H,12-15H2,1-3H3,(H,26,31)(H,29,30). The molecule has 1 atom stereocenters. The van der Waals surface area contributed by atoms with Crippen molar-refractivity contribution in [2.24, 2.45) is 0 Å². The van der Waals surface area contributed by atoms with Crippen LogP contribution in [-0.4, -0.2) is 65.9 Å². The van der Waals surface area contributed by atoms with Crippen molar-refractivity contribution in [3.63, 3.8) is 0 Å². The smallest absolute Gasteiger partial charge is 0.408 e. The van der Waals surface area contributed by atoms with Gasteiger partial charge in [-0.1, -0.05) is 48.5 Å². The number of benzene rings is 2. The second-order valence-corrected chi connectivity index (χ2v) is 9.06. The summed E-state index contributed by atoms with van der Waals surface area (Å²) in [5, 5.41) is 12.2. The van der Waals surface area contributed by atoms with Crippen LogP contribution < -0.4 is 5.32 Å². The van der Waals surface area contributed by atoms with Gasteiger partial charge in [0.1, 0.15) is 17.7 Å². The number of rotatable bonds is 6. The van der Waals surface area contributed by atoms with E-state index in [1.165, 1.54) is 20.9 Å². The number of hydrogen-bond donors (Lipinski definition) is 2. The summed E-state index contributed by atoms with van der Waals surface area (Å²) in [6.07, 6.45) is -0.506. The molecule has 1 saturated heterocycles. The summed E-state index contributed by atoms with van der Waals surface area (Å²) in [4.78, 5) is 38.8. The molecule has 4 rings (SSSR count). The van der Waals surface area contributed by atoms with Crippen molar-refractivity contribution in [3.8, 4) is 11.1 Å². The van der Waals surface area contributed by atoms with Crippen molar-refractivity contribution in [3.05, 3.63) is 59.7 Å². The number of ether oxygens (including phenoxy) is 2. The summed E-state index contributed by atoms with van der Waals surface area (Å²) in [6, 6.07) is 16.0. The van der Waals surface area contributed by atoms with Gasteiger partial charge in [-0.15, -0.1) is 0 Å². The first-order chi connectivity index (χ1) is 15.7. The van der Waals surface area contributed by atoms with Crippen molar-refractivity contribution in [1.29, 1.82) is 0 Å². The van der Waals surface area contributed by atoms with Gasteiger partial charge in [0.2, 0.25) is 0 Å². The molecule has 0 spiro atoms. The largest absolute Gasteiger partial charge is 0.480 e. The minimum absolute atomic E-state index is 0.0456. The molecule has 174 valence electrons. The average molecular weight is 453 g/mol. The number of carbonyl (C=O) groups is 3. The third kappa shape index (κ3) is 3.95. The Bertz CT molecular complexity index is 1040. The number of aliphatic carboxylic acids is 1. The Balaban J connectivity index is 1.49. The molecule has 0 bridgehead atoms. The van der Waals surface area contributed by atoms with Crippen molar-refractivity contribution >= 4 is 18.0 Å². The molecular weight excluding hydrogens is 424 g/mol. The predicted octanol–water partition coefficient (Wildman–Crippen LogP) is 3.01. The number of nitrogens with one attached hydrogen (secondary N) is 1. The van der Waals surface area contributed by atoms with Crippen LogP contribution in [0.3, 0.4) is 0 Å². The van der Waals surface area contributed by atoms with Crippen LogP contribution >= 0.6 is 0 Å². The van der Waals surface area contributed by atoms with E-state index in [-0.39, 0.29) is 32.2 Å². The Kier molecular flexibility index (Phi) is 5.88. The Morgan fingerprint density at radius 3 is 2.21 bits per heavy atom. The molecule has 8 nitrogen and oxygen atoms in total. The number of amides is 2. The Hall–Kier alpha value is -3.39. The molecule has 2 aromatic rings. The molecule has 2 aliphatic rings. The van der Waals surface area contributed by atoms with Gasteiger partial charge in [-0.05, 0) is 36.1 Å². The van der Waals surface area contributed by atoms with Gasteiger partial charge in [0.05, 0.1) is 6.61 Å². The molecule has 8 heteroatoms. The first kappa shape index (κ1) is 22.8. The highest BCUT2D eigenvalue weighted by Gasteiger charge is 2.50. The van der Waals surface area contributed by atoms with E-state index in [4.69, 9.17) is 9.47 Å². The molecule has 0 radical (unpaired) electrons. The number of carbonyl (C=O) groups excluding carboxylic acids is 2. The number of hydrogen-bond acceptors (Lipinski definition) is 5. The highest BCUT2D eigenvalue weighted by Crippen LogP contribution is 2.44. The monoisotopic (exact) mass is 452 g/mol. The van der Waals surface area contributed by atoms with Gasteiger partial charge in [0, 0.05) is 26.0 Å². The minimum Gasteiger partial charge on any atom is -0.480 e. The molecule has 2 N–H and O–H groups in total. The van der Waals surface area contributed by atoms with E-state index >= 15 is 0 Å². The van der Waals surface area contributed by atoms with E-state index in [0.717, 1.165) is 27.2 Å². The van der Waals surface area contributed by atoms with E-state index in [2.05, 4.69) is 17.4 Å². The number of likely N-dealkylation sites (N-methyl/N-ethyl adjacent to an activating group) is 1. The predicted molar refractivity (Wildman–Crippen MR) is 121 cm³/mol. The van der Waals surface area contributed by atoms with Gasteiger partial charge in [0.25, 0.3) is 5.91 Å². The second kappa shape index (κ2) is 8.51. The van der Waals surface area contributed by atoms with Crippen LogP contribution in [0.2, 0.25) is 0 Å². The average Bonchev–Trinajstić information content (AvgIpc) is 3.40. The van der Waals surface area contributed by atoms with E-state index in [1.807, 2.05) is 36.4 Å². The maximum atomic E-state index is 13.3. The van der Waals surface area contributed by atoms with E-state index in [1.54, 1.807) is 0 Å². The van der Waals surface area contributed by atoms with Crippen LogP contribution in [0.4, 0.5) is 4.79 Å². The topological polar surface area (TPSA) is 105 Å². The molecule has 0 saturated carbocycles. The third-order valence-corrected chi connectivity index (χ3v) is 6.78. The molecule has 1 aliphatic carbocycles. The molecule has 1 heterocycles. The summed E-state index contributed by atoms with van der Waals surface area (Å²) in [7, 11) is 1.41. The second-order valence-electron chi connectivity index (χ2n) is 9.06. The fourth-order valence-corrected chi connectivity index (χ4v) is 4.43. The van der Waals surface area contributed by atoms with Crippen molar-refractivity contribution in [2.75, 3.05) is 26.9 Å². The lowest BCUT2D eigenvalue weighted by Gasteiger charge is -2.38. The zero-order valence-electron chi connectivity index (χ0n) is 19.0. The van der Waals surface area contributed by atoms with E-state index < -0.39 is 29.0 Å². The number of alkyl carbamates (subject to hydrolysis) is 1. The summed E-state index contributed by atoms with van der Waals surface area (Å²) in [5.41, 5.74) is 1.60. The molecule has 1 unspecified atom stereocenters. The van der Waals surface area contributed by atoms with Gasteiger partial charge >= 0.3 is 12.1 Å². The number of carboxylic acids is 1. The summed E-state index contributed by atoms with van der Waals surface area (Å²) in [5.74, 6) is -1.78. The van der Waals surface area contributed by atoms with Gasteiger partial charge in [-0.3, -0.25) is 4.79 Å². The number of carboxylic acid groups (broad SMARTS) is 1. The Labute approximate surface area is 192 Å². The van der Waals surface area contributed by atoms with Crippen LogP contribution in [0.25, 0.3) is 11.1 Å². The van der Waals surface area contributed by atoms with Crippen molar-refractivity contribution in [1.82, 2.24) is 10.2 Å². The number of fused-ring (bicyclic) bond motifs is 3. The summed E-state index contributed by atoms with van der Waals surface area (Å²) >= 11 is 0. The molecule has 0 aromatic heterocycles. The van der Waals surface area contributed by atoms with Gasteiger partial charge in [-0.2, -0.15) is 0 Å². The third-order valence-electron chi connectivity index (χ3n) is 6.78. The SMILES string of the molecule is CN(C(=O)C1(NC(=O)OCC2c3ccccc3-c3ccccc32)CCOC1)C(C)(C)C(=O)O. The molecule has 1 aliphatic heterocycles. The maximum absolute atomic E-state index is 13.3. The van der Waals surface area contributed by atoms with Crippen LogP contribution in [0, 0.1) is 0 Å². The zero-order chi connectivity index (χ0) is 23.8. The fraction of sp³-hybridized carbons (Fsp3) is 0.400. The van der Waals surface area contributed by atoms with Crippen LogP contribution in [0.15, 0.2) is 48.5 Å². The van der Waals surface area contributed by atoms with Gasteiger partial charge < -0.3 is 24.8 Å².